The molecule has 6 nitrogen and oxygen atoms in total. The van der Waals surface area contributed by atoms with Gasteiger partial charge in [-0.3, -0.25) is 4.79 Å². The Kier molecular flexibility index (Phi) is 7.26. The molecule has 1 N–H and O–H groups in total. The van der Waals surface area contributed by atoms with Crippen LogP contribution in [0.25, 0.3) is 10.8 Å². The summed E-state index contributed by atoms with van der Waals surface area (Å²) in [6.45, 7) is 2.32. The molecule has 5 atom stereocenters. The molecule has 5 rings (SSSR count). The minimum Gasteiger partial charge on any atom is -0.460 e. The van der Waals surface area contributed by atoms with E-state index in [9.17, 15) is 4.79 Å². The Hall–Kier alpha value is -2.63. The lowest BCUT2D eigenvalue weighted by atomic mass is 9.81. The third-order valence-electron chi connectivity index (χ3n) is 6.71. The highest BCUT2D eigenvalue weighted by Gasteiger charge is 2.42. The second kappa shape index (κ2) is 10.5. The van der Waals surface area contributed by atoms with Crippen LogP contribution in [-0.4, -0.2) is 37.1 Å². The van der Waals surface area contributed by atoms with Crippen LogP contribution in [0.3, 0.4) is 0 Å². The van der Waals surface area contributed by atoms with Gasteiger partial charge in [0.15, 0.2) is 0 Å². The molecule has 184 valence electrons. The monoisotopic (exact) mass is 493 g/mol. The van der Waals surface area contributed by atoms with Crippen molar-refractivity contribution in [3.63, 3.8) is 0 Å². The normalized spacial score (nSPS) is 23.6. The number of carbonyl (C=O) groups excluding carboxylic acids is 1. The third-order valence-corrected chi connectivity index (χ3v) is 8.55. The predicted octanol–water partition coefficient (Wildman–Crippen LogP) is 5.72. The quantitative estimate of drug-likeness (QED) is 0.288. The molecule has 1 saturated carbocycles. The van der Waals surface area contributed by atoms with Crippen molar-refractivity contribution in [3.05, 3.63) is 78.4 Å². The lowest BCUT2D eigenvalue weighted by Crippen LogP contribution is -2.35. The Labute approximate surface area is 206 Å². The molecule has 0 spiro atoms. The summed E-state index contributed by atoms with van der Waals surface area (Å²) in [5.41, 5.74) is 0.931. The number of ether oxygens (including phenoxy) is 2. The van der Waals surface area contributed by atoms with Gasteiger partial charge in [-0.1, -0.05) is 66.7 Å². The van der Waals surface area contributed by atoms with Crippen LogP contribution in [-0.2, 0) is 25.4 Å². The molecular formula is C28H32NO5P. The predicted molar refractivity (Wildman–Crippen MR) is 139 cm³/mol. The second-order valence-electron chi connectivity index (χ2n) is 9.35. The number of rotatable bonds is 10. The molecule has 0 amide bonds. The van der Waals surface area contributed by atoms with Gasteiger partial charge in [0.25, 0.3) is 0 Å². The molecule has 7 heteroatoms. The van der Waals surface area contributed by atoms with E-state index in [2.05, 4.69) is 11.4 Å². The van der Waals surface area contributed by atoms with Gasteiger partial charge in [0.2, 0.25) is 7.49 Å². The van der Waals surface area contributed by atoms with E-state index >= 15 is 0 Å². The van der Waals surface area contributed by atoms with Crippen LogP contribution in [0.1, 0.15) is 31.7 Å². The maximum atomic E-state index is 12.8. The molecule has 0 aromatic heterocycles. The van der Waals surface area contributed by atoms with Crippen LogP contribution in [0.2, 0.25) is 0 Å². The third kappa shape index (κ3) is 5.79. The first-order valence-electron chi connectivity index (χ1n) is 12.2. The van der Waals surface area contributed by atoms with Gasteiger partial charge in [-0.15, -0.1) is 0 Å². The topological polar surface area (TPSA) is 66.0 Å². The van der Waals surface area contributed by atoms with E-state index in [1.165, 1.54) is 6.42 Å². The van der Waals surface area contributed by atoms with Crippen molar-refractivity contribution in [3.8, 4) is 5.75 Å². The lowest BCUT2D eigenvalue weighted by molar-refractivity contribution is -0.146. The van der Waals surface area contributed by atoms with Crippen LogP contribution >= 0.6 is 7.49 Å². The molecule has 2 aliphatic rings. The van der Waals surface area contributed by atoms with E-state index in [0.29, 0.717) is 24.4 Å². The summed E-state index contributed by atoms with van der Waals surface area (Å²) in [6.07, 6.45) is 8.04. The van der Waals surface area contributed by atoms with Gasteiger partial charge in [0, 0.05) is 5.39 Å². The zero-order valence-corrected chi connectivity index (χ0v) is 20.9. The average Bonchev–Trinajstić information content (AvgIpc) is 3.15. The average molecular weight is 494 g/mol. The Balaban J connectivity index is 1.29. The fraction of sp³-hybridized carbons (Fsp3) is 0.357. The fourth-order valence-electron chi connectivity index (χ4n) is 4.66. The van der Waals surface area contributed by atoms with Gasteiger partial charge < -0.3 is 18.5 Å². The van der Waals surface area contributed by atoms with E-state index in [0.717, 1.165) is 29.2 Å². The Bertz CT molecular complexity index is 1200. The minimum atomic E-state index is -2.95. The first-order valence-corrected chi connectivity index (χ1v) is 14.0. The van der Waals surface area contributed by atoms with Gasteiger partial charge in [0.1, 0.15) is 18.4 Å². The van der Waals surface area contributed by atoms with Crippen LogP contribution < -0.4 is 9.61 Å². The van der Waals surface area contributed by atoms with Gasteiger partial charge in [-0.2, -0.15) is 0 Å². The van der Waals surface area contributed by atoms with Crippen molar-refractivity contribution in [2.75, 3.05) is 6.61 Å². The van der Waals surface area contributed by atoms with E-state index in [1.54, 1.807) is 6.92 Å². The zero-order chi connectivity index (χ0) is 24.3. The number of fused-ring (bicyclic) bond motifs is 2. The first kappa shape index (κ1) is 24.1. The van der Waals surface area contributed by atoms with Gasteiger partial charge >= 0.3 is 5.97 Å². The second-order valence-corrected chi connectivity index (χ2v) is 11.4. The van der Waals surface area contributed by atoms with Crippen molar-refractivity contribution in [2.45, 2.75) is 51.0 Å². The molecule has 35 heavy (non-hydrogen) atoms. The minimum absolute atomic E-state index is 0.0203. The Morgan fingerprint density at radius 3 is 2.60 bits per heavy atom. The van der Waals surface area contributed by atoms with Crippen LogP contribution in [0.5, 0.6) is 5.75 Å². The van der Waals surface area contributed by atoms with Crippen LogP contribution in [0, 0.1) is 5.92 Å². The molecule has 1 heterocycles. The first-order chi connectivity index (χ1) is 17.0. The van der Waals surface area contributed by atoms with Crippen molar-refractivity contribution in [2.24, 2.45) is 5.92 Å². The van der Waals surface area contributed by atoms with Crippen molar-refractivity contribution < 1.29 is 23.3 Å². The number of esters is 1. The van der Waals surface area contributed by atoms with Crippen molar-refractivity contribution in [1.29, 1.82) is 0 Å². The van der Waals surface area contributed by atoms with Crippen molar-refractivity contribution >= 4 is 30.5 Å². The molecule has 1 aliphatic carbocycles. The SMILES string of the molecule is C=P(NC(C)C(=O)OCc1ccccc1)(OCC1C[C@@H]2CC[C@@H]2O1)Oc1cccc2ccccc12. The lowest BCUT2D eigenvalue weighted by Gasteiger charge is -2.30. The van der Waals surface area contributed by atoms with E-state index < -0.39 is 13.5 Å². The number of hydrogen-bond donors (Lipinski definition) is 1. The maximum absolute atomic E-state index is 12.8. The number of nitrogens with one attached hydrogen (secondary N) is 1. The molecule has 3 unspecified atom stereocenters. The standard InChI is InChI=1S/C28H32NO5P/c1-20(28(30)31-18-21-9-4-3-5-10-21)29-35(2,32-19-24-17-23-15-16-26(23)33-24)34-27-14-8-12-22-11-6-7-13-25(22)27/h3-14,20,23-24,26,29H,2,15-19H2,1H3/t20?,23-,24?,26-,35?/m0/s1. The number of carbonyl (C=O) groups is 1. The summed E-state index contributed by atoms with van der Waals surface area (Å²) in [6, 6.07) is 22.8. The highest BCUT2D eigenvalue weighted by atomic mass is 31.2. The van der Waals surface area contributed by atoms with Crippen LogP contribution in [0.15, 0.2) is 72.8 Å². The molecule has 1 saturated heterocycles. The summed E-state index contributed by atoms with van der Waals surface area (Å²) in [7, 11) is -2.95. The van der Waals surface area contributed by atoms with Gasteiger partial charge in [-0.05, 0) is 55.4 Å². The Morgan fingerprint density at radius 2 is 1.86 bits per heavy atom. The largest absolute Gasteiger partial charge is 0.460 e. The molecule has 3 aromatic rings. The molecule has 3 aromatic carbocycles. The zero-order valence-electron chi connectivity index (χ0n) is 20.0. The highest BCUT2D eigenvalue weighted by molar-refractivity contribution is 7.62. The number of benzene rings is 3. The molecule has 0 radical (unpaired) electrons. The van der Waals surface area contributed by atoms with E-state index in [1.807, 2.05) is 72.8 Å². The summed E-state index contributed by atoms with van der Waals surface area (Å²) in [4.78, 5) is 12.8. The van der Waals surface area contributed by atoms with Gasteiger partial charge in [-0.25, -0.2) is 5.09 Å². The van der Waals surface area contributed by atoms with E-state index in [-0.39, 0.29) is 18.7 Å². The molecule has 2 fully saturated rings. The molecule has 0 bridgehead atoms. The highest BCUT2D eigenvalue weighted by Crippen LogP contribution is 2.48. The summed E-state index contributed by atoms with van der Waals surface area (Å²) in [5, 5.41) is 5.25. The molecular weight excluding hydrogens is 461 g/mol. The van der Waals surface area contributed by atoms with E-state index in [4.69, 9.17) is 18.5 Å². The Morgan fingerprint density at radius 1 is 1.09 bits per heavy atom. The maximum Gasteiger partial charge on any atom is 0.323 e. The van der Waals surface area contributed by atoms with Crippen LogP contribution in [0.4, 0.5) is 0 Å². The smallest absolute Gasteiger partial charge is 0.323 e. The summed E-state index contributed by atoms with van der Waals surface area (Å²) < 4.78 is 24.4. The number of hydrogen-bond acceptors (Lipinski definition) is 6. The van der Waals surface area contributed by atoms with Crippen molar-refractivity contribution in [1.82, 2.24) is 5.09 Å². The van der Waals surface area contributed by atoms with Gasteiger partial charge in [0.05, 0.1) is 18.8 Å². The summed E-state index contributed by atoms with van der Waals surface area (Å²) >= 11 is 0. The summed E-state index contributed by atoms with van der Waals surface area (Å²) in [5.74, 6) is 0.915. The molecule has 1 aliphatic heterocycles. The fourth-order valence-corrected chi connectivity index (χ4v) is 6.42.